The standard InChI is InChI=1S/C17H15N3O/c1-11-6-8-12(9-7-11)15-10-16-18-14-5-3-2-4-13(14)17(21)20(16)19-15/h2-9,16,18H,10H2,1H3. The van der Waals surface area contributed by atoms with Crippen molar-refractivity contribution in [1.29, 1.82) is 0 Å². The predicted molar refractivity (Wildman–Crippen MR) is 82.4 cm³/mol. The lowest BCUT2D eigenvalue weighted by molar-refractivity contribution is 0.0718. The van der Waals surface area contributed by atoms with Crippen molar-refractivity contribution < 1.29 is 4.79 Å². The quantitative estimate of drug-likeness (QED) is 0.871. The monoisotopic (exact) mass is 277 g/mol. The van der Waals surface area contributed by atoms with E-state index < -0.39 is 0 Å². The first-order valence-corrected chi connectivity index (χ1v) is 7.06. The number of carbonyl (C=O) groups is 1. The summed E-state index contributed by atoms with van der Waals surface area (Å²) in [6, 6.07) is 15.8. The largest absolute Gasteiger partial charge is 0.363 e. The Balaban J connectivity index is 1.69. The van der Waals surface area contributed by atoms with Gasteiger partial charge in [0.05, 0.1) is 11.3 Å². The van der Waals surface area contributed by atoms with E-state index in [2.05, 4.69) is 41.6 Å². The molecule has 0 aromatic heterocycles. The average molecular weight is 277 g/mol. The normalized spacial score (nSPS) is 19.7. The summed E-state index contributed by atoms with van der Waals surface area (Å²) in [7, 11) is 0. The molecule has 104 valence electrons. The highest BCUT2D eigenvalue weighted by molar-refractivity contribution is 6.08. The predicted octanol–water partition coefficient (Wildman–Crippen LogP) is 3.00. The number of hydrogen-bond donors (Lipinski definition) is 1. The zero-order valence-corrected chi connectivity index (χ0v) is 11.7. The molecular weight excluding hydrogens is 262 g/mol. The summed E-state index contributed by atoms with van der Waals surface area (Å²) >= 11 is 0. The lowest BCUT2D eigenvalue weighted by Crippen LogP contribution is -2.42. The molecule has 4 nitrogen and oxygen atoms in total. The van der Waals surface area contributed by atoms with E-state index in [0.29, 0.717) is 5.56 Å². The van der Waals surface area contributed by atoms with E-state index >= 15 is 0 Å². The van der Waals surface area contributed by atoms with Gasteiger partial charge in [-0.2, -0.15) is 5.10 Å². The Bertz CT molecular complexity index is 749. The van der Waals surface area contributed by atoms with Crippen LogP contribution in [0.4, 0.5) is 5.69 Å². The second-order valence-corrected chi connectivity index (χ2v) is 5.47. The minimum absolute atomic E-state index is 0.0311. The number of carbonyl (C=O) groups excluding carboxylic acids is 1. The molecule has 2 aliphatic rings. The van der Waals surface area contributed by atoms with Gasteiger partial charge < -0.3 is 5.32 Å². The molecule has 0 saturated heterocycles. The van der Waals surface area contributed by atoms with Crippen LogP contribution in [0.25, 0.3) is 0 Å². The van der Waals surface area contributed by atoms with Crippen molar-refractivity contribution in [2.45, 2.75) is 19.5 Å². The molecule has 4 heteroatoms. The minimum atomic E-state index is -0.0799. The Morgan fingerprint density at radius 3 is 2.71 bits per heavy atom. The number of amides is 1. The topological polar surface area (TPSA) is 44.7 Å². The molecule has 1 N–H and O–H groups in total. The van der Waals surface area contributed by atoms with E-state index in [0.717, 1.165) is 23.4 Å². The molecule has 0 fully saturated rings. The lowest BCUT2D eigenvalue weighted by Gasteiger charge is -2.29. The molecule has 21 heavy (non-hydrogen) atoms. The fourth-order valence-corrected chi connectivity index (χ4v) is 2.83. The highest BCUT2D eigenvalue weighted by Gasteiger charge is 2.37. The van der Waals surface area contributed by atoms with Gasteiger partial charge in [-0.15, -0.1) is 0 Å². The molecule has 0 spiro atoms. The summed E-state index contributed by atoms with van der Waals surface area (Å²) in [5.74, 6) is -0.0311. The maximum atomic E-state index is 12.5. The molecule has 2 aliphatic heterocycles. The van der Waals surface area contributed by atoms with E-state index in [1.54, 1.807) is 5.01 Å². The Kier molecular flexibility index (Phi) is 2.57. The minimum Gasteiger partial charge on any atom is -0.363 e. The van der Waals surface area contributed by atoms with Gasteiger partial charge in [-0.25, -0.2) is 5.01 Å². The van der Waals surface area contributed by atoms with Crippen LogP contribution in [0.2, 0.25) is 0 Å². The Morgan fingerprint density at radius 2 is 1.90 bits per heavy atom. The first kappa shape index (κ1) is 12.1. The van der Waals surface area contributed by atoms with Gasteiger partial charge in [-0.1, -0.05) is 42.0 Å². The van der Waals surface area contributed by atoms with E-state index in [-0.39, 0.29) is 12.1 Å². The number of hydrazone groups is 1. The molecule has 0 saturated carbocycles. The third-order valence-electron chi connectivity index (χ3n) is 3.98. The van der Waals surface area contributed by atoms with Gasteiger partial charge in [0.15, 0.2) is 0 Å². The van der Waals surface area contributed by atoms with Crippen molar-refractivity contribution >= 4 is 17.3 Å². The summed E-state index contributed by atoms with van der Waals surface area (Å²) in [6.07, 6.45) is 0.645. The zero-order valence-electron chi connectivity index (χ0n) is 11.7. The van der Waals surface area contributed by atoms with E-state index in [9.17, 15) is 4.79 Å². The second kappa shape index (κ2) is 4.45. The van der Waals surface area contributed by atoms with Crippen LogP contribution in [0.3, 0.4) is 0 Å². The van der Waals surface area contributed by atoms with Crippen LogP contribution in [-0.4, -0.2) is 22.8 Å². The lowest BCUT2D eigenvalue weighted by atomic mass is 10.0. The molecule has 2 aromatic rings. The third-order valence-corrected chi connectivity index (χ3v) is 3.98. The van der Waals surface area contributed by atoms with Crippen molar-refractivity contribution in [2.75, 3.05) is 5.32 Å². The summed E-state index contributed by atoms with van der Waals surface area (Å²) in [5.41, 5.74) is 4.82. The summed E-state index contributed by atoms with van der Waals surface area (Å²) < 4.78 is 0. The summed E-state index contributed by atoms with van der Waals surface area (Å²) in [4.78, 5) is 12.5. The SMILES string of the molecule is Cc1ccc(C2=NN3C(=O)c4ccccc4NC3C2)cc1. The molecule has 0 bridgehead atoms. The highest BCUT2D eigenvalue weighted by Crippen LogP contribution is 2.31. The van der Waals surface area contributed by atoms with Crippen LogP contribution in [0.5, 0.6) is 0 Å². The van der Waals surface area contributed by atoms with E-state index in [1.807, 2.05) is 24.3 Å². The smallest absolute Gasteiger partial charge is 0.278 e. The summed E-state index contributed by atoms with van der Waals surface area (Å²) in [5, 5.41) is 9.49. The molecule has 4 rings (SSSR count). The van der Waals surface area contributed by atoms with Crippen molar-refractivity contribution in [1.82, 2.24) is 5.01 Å². The summed E-state index contributed by atoms with van der Waals surface area (Å²) in [6.45, 7) is 2.06. The van der Waals surface area contributed by atoms with Crippen LogP contribution >= 0.6 is 0 Å². The second-order valence-electron chi connectivity index (χ2n) is 5.47. The number of nitrogens with one attached hydrogen (secondary N) is 1. The molecule has 1 atom stereocenters. The number of nitrogens with zero attached hydrogens (tertiary/aromatic N) is 2. The van der Waals surface area contributed by atoms with Crippen molar-refractivity contribution in [3.8, 4) is 0 Å². The van der Waals surface area contributed by atoms with Crippen molar-refractivity contribution in [3.63, 3.8) is 0 Å². The van der Waals surface area contributed by atoms with Gasteiger partial charge in [0, 0.05) is 12.1 Å². The van der Waals surface area contributed by atoms with Gasteiger partial charge in [-0.3, -0.25) is 4.79 Å². The van der Waals surface area contributed by atoms with Crippen molar-refractivity contribution in [2.24, 2.45) is 5.10 Å². The molecule has 1 amide bonds. The van der Waals surface area contributed by atoms with Gasteiger partial charge in [0.2, 0.25) is 0 Å². The molecule has 0 aliphatic carbocycles. The van der Waals surface area contributed by atoms with E-state index in [4.69, 9.17) is 0 Å². The number of para-hydroxylation sites is 1. The molecular formula is C17H15N3O. The van der Waals surface area contributed by atoms with Crippen LogP contribution in [0.15, 0.2) is 53.6 Å². The molecule has 0 radical (unpaired) electrons. The zero-order chi connectivity index (χ0) is 14.4. The van der Waals surface area contributed by atoms with Gasteiger partial charge in [0.25, 0.3) is 5.91 Å². The first-order chi connectivity index (χ1) is 10.2. The third kappa shape index (κ3) is 1.91. The van der Waals surface area contributed by atoms with Crippen LogP contribution < -0.4 is 5.32 Å². The Labute approximate surface area is 123 Å². The Hall–Kier alpha value is -2.62. The fourth-order valence-electron chi connectivity index (χ4n) is 2.83. The molecule has 2 aromatic carbocycles. The number of benzene rings is 2. The number of anilines is 1. The van der Waals surface area contributed by atoms with Gasteiger partial charge in [-0.05, 0) is 24.6 Å². The van der Waals surface area contributed by atoms with Crippen LogP contribution in [-0.2, 0) is 0 Å². The van der Waals surface area contributed by atoms with Gasteiger partial charge >= 0.3 is 0 Å². The Morgan fingerprint density at radius 1 is 1.14 bits per heavy atom. The fraction of sp³-hybridized carbons (Fsp3) is 0.176. The number of aryl methyl sites for hydroxylation is 1. The number of fused-ring (bicyclic) bond motifs is 2. The maximum absolute atomic E-state index is 12.5. The van der Waals surface area contributed by atoms with E-state index in [1.165, 1.54) is 5.56 Å². The van der Waals surface area contributed by atoms with Crippen LogP contribution in [0.1, 0.15) is 27.9 Å². The van der Waals surface area contributed by atoms with Crippen molar-refractivity contribution in [3.05, 3.63) is 65.2 Å². The van der Waals surface area contributed by atoms with Crippen LogP contribution in [0, 0.1) is 6.92 Å². The van der Waals surface area contributed by atoms with Gasteiger partial charge in [0.1, 0.15) is 6.17 Å². The molecule has 1 unspecified atom stereocenters. The highest BCUT2D eigenvalue weighted by atomic mass is 16.2. The molecule has 2 heterocycles. The number of hydrogen-bond acceptors (Lipinski definition) is 3. The first-order valence-electron chi connectivity index (χ1n) is 7.06. The number of rotatable bonds is 1. The maximum Gasteiger partial charge on any atom is 0.278 e. The average Bonchev–Trinajstić information content (AvgIpc) is 2.92.